The van der Waals surface area contributed by atoms with Gasteiger partial charge in [0.15, 0.2) is 0 Å². The van der Waals surface area contributed by atoms with Gasteiger partial charge in [-0.25, -0.2) is 0 Å². The summed E-state index contributed by atoms with van der Waals surface area (Å²) in [5, 5.41) is 0. The molecular formula is C19H23N. The second-order valence-corrected chi connectivity index (χ2v) is 5.83. The van der Waals surface area contributed by atoms with Gasteiger partial charge in [-0.2, -0.15) is 0 Å². The van der Waals surface area contributed by atoms with Crippen molar-refractivity contribution in [2.75, 3.05) is 0 Å². The van der Waals surface area contributed by atoms with E-state index in [1.165, 1.54) is 42.4 Å². The van der Waals surface area contributed by atoms with E-state index in [9.17, 15) is 0 Å². The maximum atomic E-state index is 6.15. The van der Waals surface area contributed by atoms with Gasteiger partial charge >= 0.3 is 0 Å². The molecule has 0 saturated carbocycles. The van der Waals surface area contributed by atoms with Gasteiger partial charge in [-0.05, 0) is 66.0 Å². The first kappa shape index (κ1) is 13.4. The third-order valence-corrected chi connectivity index (χ3v) is 4.44. The van der Waals surface area contributed by atoms with Crippen LogP contribution < -0.4 is 5.73 Å². The number of aryl methyl sites for hydroxylation is 2. The van der Waals surface area contributed by atoms with Crippen LogP contribution in [0.15, 0.2) is 42.5 Å². The minimum atomic E-state index is 0.146. The molecule has 0 bridgehead atoms. The fourth-order valence-electron chi connectivity index (χ4n) is 3.10. The Labute approximate surface area is 121 Å². The molecule has 104 valence electrons. The largest absolute Gasteiger partial charge is 0.324 e. The lowest BCUT2D eigenvalue weighted by molar-refractivity contribution is 0.686. The Kier molecular flexibility index (Phi) is 3.88. The quantitative estimate of drug-likeness (QED) is 0.859. The van der Waals surface area contributed by atoms with Gasteiger partial charge in [0.1, 0.15) is 0 Å². The fourth-order valence-corrected chi connectivity index (χ4v) is 3.10. The van der Waals surface area contributed by atoms with E-state index in [-0.39, 0.29) is 6.04 Å². The van der Waals surface area contributed by atoms with Gasteiger partial charge in [0, 0.05) is 6.04 Å². The molecule has 2 N–H and O–H groups in total. The molecule has 1 unspecified atom stereocenters. The summed E-state index contributed by atoms with van der Waals surface area (Å²) < 4.78 is 0. The zero-order chi connectivity index (χ0) is 13.9. The van der Waals surface area contributed by atoms with Gasteiger partial charge in [-0.3, -0.25) is 0 Å². The Balaban J connectivity index is 1.96. The average Bonchev–Trinajstić information content (AvgIpc) is 2.53. The first-order chi connectivity index (χ1) is 9.78. The number of fused-ring (bicyclic) bond motifs is 1. The number of benzene rings is 2. The second-order valence-electron chi connectivity index (χ2n) is 5.83. The molecule has 0 aliphatic heterocycles. The van der Waals surface area contributed by atoms with Crippen molar-refractivity contribution >= 4 is 0 Å². The summed E-state index contributed by atoms with van der Waals surface area (Å²) >= 11 is 0. The van der Waals surface area contributed by atoms with Crippen molar-refractivity contribution in [3.63, 3.8) is 0 Å². The number of nitrogens with two attached hydrogens (primary N) is 1. The molecule has 1 atom stereocenters. The van der Waals surface area contributed by atoms with Crippen molar-refractivity contribution in [3.8, 4) is 11.1 Å². The molecule has 0 amide bonds. The van der Waals surface area contributed by atoms with E-state index in [0.29, 0.717) is 0 Å². The maximum absolute atomic E-state index is 6.15. The smallest absolute Gasteiger partial charge is 0.0292 e. The van der Waals surface area contributed by atoms with Gasteiger partial charge in [0.2, 0.25) is 0 Å². The van der Waals surface area contributed by atoms with Crippen LogP contribution in [-0.2, 0) is 12.8 Å². The minimum absolute atomic E-state index is 0.146. The number of rotatable bonds is 3. The van der Waals surface area contributed by atoms with E-state index in [0.717, 1.165) is 6.42 Å². The molecule has 0 aromatic heterocycles. The average molecular weight is 265 g/mol. The van der Waals surface area contributed by atoms with Gasteiger partial charge in [-0.15, -0.1) is 0 Å². The normalized spacial score (nSPS) is 15.7. The van der Waals surface area contributed by atoms with Crippen molar-refractivity contribution < 1.29 is 0 Å². The summed E-state index contributed by atoms with van der Waals surface area (Å²) in [4.78, 5) is 0. The van der Waals surface area contributed by atoms with Crippen molar-refractivity contribution in [1.82, 2.24) is 0 Å². The molecule has 0 radical (unpaired) electrons. The molecule has 1 heteroatoms. The number of hydrogen-bond donors (Lipinski definition) is 1. The monoisotopic (exact) mass is 265 g/mol. The van der Waals surface area contributed by atoms with Crippen LogP contribution in [0.2, 0.25) is 0 Å². The predicted molar refractivity (Wildman–Crippen MR) is 85.7 cm³/mol. The lowest BCUT2D eigenvalue weighted by Crippen LogP contribution is -2.08. The van der Waals surface area contributed by atoms with Gasteiger partial charge < -0.3 is 5.73 Å². The zero-order valence-electron chi connectivity index (χ0n) is 12.2. The molecule has 1 aliphatic rings. The van der Waals surface area contributed by atoms with Crippen LogP contribution in [0.25, 0.3) is 11.1 Å². The number of hydrogen-bond acceptors (Lipinski definition) is 1. The van der Waals surface area contributed by atoms with E-state index in [2.05, 4.69) is 49.4 Å². The zero-order valence-corrected chi connectivity index (χ0v) is 12.2. The highest BCUT2D eigenvalue weighted by Crippen LogP contribution is 2.29. The summed E-state index contributed by atoms with van der Waals surface area (Å²) in [6.07, 6.45) is 6.13. The van der Waals surface area contributed by atoms with Gasteiger partial charge in [-0.1, -0.05) is 43.3 Å². The van der Waals surface area contributed by atoms with Crippen molar-refractivity contribution in [2.45, 2.75) is 45.1 Å². The van der Waals surface area contributed by atoms with E-state index in [1.54, 1.807) is 11.1 Å². The summed E-state index contributed by atoms with van der Waals surface area (Å²) in [5.74, 6) is 0. The highest BCUT2D eigenvalue weighted by Gasteiger charge is 2.11. The highest BCUT2D eigenvalue weighted by molar-refractivity contribution is 5.66. The third-order valence-electron chi connectivity index (χ3n) is 4.44. The predicted octanol–water partition coefficient (Wildman–Crippen LogP) is 4.64. The Bertz CT molecular complexity index is 600. The Hall–Kier alpha value is -1.60. The van der Waals surface area contributed by atoms with E-state index < -0.39 is 0 Å². The van der Waals surface area contributed by atoms with Crippen LogP contribution in [0.1, 0.15) is 48.9 Å². The van der Waals surface area contributed by atoms with Crippen LogP contribution in [0.4, 0.5) is 0 Å². The molecule has 1 nitrogen and oxygen atoms in total. The molecule has 0 fully saturated rings. The van der Waals surface area contributed by atoms with Crippen LogP contribution in [0.3, 0.4) is 0 Å². The molecule has 1 aliphatic carbocycles. The Morgan fingerprint density at radius 3 is 2.50 bits per heavy atom. The van der Waals surface area contributed by atoms with Crippen molar-refractivity contribution in [2.24, 2.45) is 5.73 Å². The molecule has 0 heterocycles. The molecule has 20 heavy (non-hydrogen) atoms. The van der Waals surface area contributed by atoms with Gasteiger partial charge in [0.05, 0.1) is 0 Å². The topological polar surface area (TPSA) is 26.0 Å². The van der Waals surface area contributed by atoms with Crippen molar-refractivity contribution in [1.29, 1.82) is 0 Å². The highest BCUT2D eigenvalue weighted by atomic mass is 14.6. The van der Waals surface area contributed by atoms with Crippen LogP contribution >= 0.6 is 0 Å². The van der Waals surface area contributed by atoms with E-state index >= 15 is 0 Å². The van der Waals surface area contributed by atoms with Crippen LogP contribution in [0, 0.1) is 0 Å². The molecular weight excluding hydrogens is 242 g/mol. The molecule has 2 aromatic rings. The lowest BCUT2D eigenvalue weighted by Gasteiger charge is -2.17. The lowest BCUT2D eigenvalue weighted by atomic mass is 9.88. The van der Waals surface area contributed by atoms with Crippen molar-refractivity contribution in [3.05, 3.63) is 59.2 Å². The molecule has 2 aromatic carbocycles. The summed E-state index contributed by atoms with van der Waals surface area (Å²) in [5.41, 5.74) is 13.1. The Morgan fingerprint density at radius 1 is 0.950 bits per heavy atom. The standard InChI is InChI=1S/C19H23N/c1-2-19(20)18-9-5-8-16(13-18)17-11-10-14-6-3-4-7-15(14)12-17/h5,8-13,19H,2-4,6-7,20H2,1H3. The summed E-state index contributed by atoms with van der Waals surface area (Å²) in [6.45, 7) is 2.14. The van der Waals surface area contributed by atoms with Crippen LogP contribution in [0.5, 0.6) is 0 Å². The minimum Gasteiger partial charge on any atom is -0.324 e. The molecule has 0 saturated heterocycles. The van der Waals surface area contributed by atoms with E-state index in [4.69, 9.17) is 5.73 Å². The SMILES string of the molecule is CCC(N)c1cccc(-c2ccc3c(c2)CCCC3)c1. The maximum Gasteiger partial charge on any atom is 0.0292 e. The first-order valence-corrected chi connectivity index (χ1v) is 7.75. The summed E-state index contributed by atoms with van der Waals surface area (Å²) in [6, 6.07) is 15.8. The van der Waals surface area contributed by atoms with Gasteiger partial charge in [0.25, 0.3) is 0 Å². The Morgan fingerprint density at radius 2 is 1.70 bits per heavy atom. The second kappa shape index (κ2) is 5.80. The third kappa shape index (κ3) is 2.64. The molecule has 3 rings (SSSR count). The fraction of sp³-hybridized carbons (Fsp3) is 0.368. The first-order valence-electron chi connectivity index (χ1n) is 7.75. The van der Waals surface area contributed by atoms with Crippen LogP contribution in [-0.4, -0.2) is 0 Å². The molecule has 0 spiro atoms. The summed E-state index contributed by atoms with van der Waals surface area (Å²) in [7, 11) is 0. The van der Waals surface area contributed by atoms with E-state index in [1.807, 2.05) is 0 Å².